The zero-order chi connectivity index (χ0) is 13.8. The predicted molar refractivity (Wildman–Crippen MR) is 71.4 cm³/mol. The number of rotatable bonds is 6. The van der Waals surface area contributed by atoms with Gasteiger partial charge in [-0.2, -0.15) is 5.10 Å². The number of aromatic nitrogens is 2. The molecule has 1 rings (SSSR count). The van der Waals surface area contributed by atoms with Gasteiger partial charge in [0.15, 0.2) is 0 Å². The molecule has 0 atom stereocenters. The molecule has 18 heavy (non-hydrogen) atoms. The molecule has 0 spiro atoms. The van der Waals surface area contributed by atoms with Crippen molar-refractivity contribution in [3.63, 3.8) is 0 Å². The minimum Gasteiger partial charge on any atom is -0.378 e. The first-order valence-corrected chi connectivity index (χ1v) is 6.20. The summed E-state index contributed by atoms with van der Waals surface area (Å²) in [6, 6.07) is 0. The first-order chi connectivity index (χ1) is 8.32. The van der Waals surface area contributed by atoms with E-state index in [0.717, 1.165) is 12.2 Å². The van der Waals surface area contributed by atoms with Crippen molar-refractivity contribution in [2.75, 3.05) is 12.4 Å². The zero-order valence-electron chi connectivity index (χ0n) is 11.9. The summed E-state index contributed by atoms with van der Waals surface area (Å²) in [6.07, 6.45) is 3.83. The molecule has 5 heteroatoms. The number of carbonyl (C=O) groups excluding carboxylic acids is 1. The molecule has 102 valence electrons. The molecule has 0 aliphatic rings. The third-order valence-electron chi connectivity index (χ3n) is 2.61. The van der Waals surface area contributed by atoms with Gasteiger partial charge in [0.2, 0.25) is 5.91 Å². The first kappa shape index (κ1) is 14.7. The Labute approximate surface area is 109 Å². The number of methoxy groups -OCH3 is 1. The van der Waals surface area contributed by atoms with Gasteiger partial charge in [-0.25, -0.2) is 0 Å². The molecular formula is C13H23N3O2. The highest BCUT2D eigenvalue weighted by atomic mass is 16.5. The SMILES string of the molecule is COC(C)(C)CC(=O)Nc1cnn(CC(C)C)c1. The number of carbonyl (C=O) groups is 1. The number of amides is 1. The Balaban J connectivity index is 2.52. The van der Waals surface area contributed by atoms with E-state index in [-0.39, 0.29) is 5.91 Å². The second kappa shape index (κ2) is 6.00. The van der Waals surface area contributed by atoms with Crippen molar-refractivity contribution >= 4 is 11.6 Å². The number of nitrogens with one attached hydrogen (secondary N) is 1. The van der Waals surface area contributed by atoms with Crippen LogP contribution in [0, 0.1) is 5.92 Å². The summed E-state index contributed by atoms with van der Waals surface area (Å²) in [4.78, 5) is 11.8. The van der Waals surface area contributed by atoms with E-state index in [1.807, 2.05) is 24.7 Å². The summed E-state index contributed by atoms with van der Waals surface area (Å²) in [5, 5.41) is 7.02. The van der Waals surface area contributed by atoms with Crippen LogP contribution in [0.15, 0.2) is 12.4 Å². The molecule has 0 bridgehead atoms. The van der Waals surface area contributed by atoms with E-state index in [1.54, 1.807) is 13.3 Å². The van der Waals surface area contributed by atoms with Crippen LogP contribution < -0.4 is 5.32 Å². The molecule has 0 aromatic carbocycles. The lowest BCUT2D eigenvalue weighted by molar-refractivity contribution is -0.121. The van der Waals surface area contributed by atoms with Crippen molar-refractivity contribution in [3.8, 4) is 0 Å². The minimum atomic E-state index is -0.446. The van der Waals surface area contributed by atoms with Crippen LogP contribution in [0.3, 0.4) is 0 Å². The smallest absolute Gasteiger partial charge is 0.227 e. The van der Waals surface area contributed by atoms with Crippen LogP contribution in [0.1, 0.15) is 34.1 Å². The van der Waals surface area contributed by atoms with Gasteiger partial charge in [-0.1, -0.05) is 13.8 Å². The summed E-state index contributed by atoms with van der Waals surface area (Å²) in [6.45, 7) is 8.87. The largest absolute Gasteiger partial charge is 0.378 e. The fourth-order valence-electron chi connectivity index (χ4n) is 1.57. The summed E-state index contributed by atoms with van der Waals surface area (Å²) >= 11 is 0. The van der Waals surface area contributed by atoms with E-state index >= 15 is 0 Å². The fourth-order valence-corrected chi connectivity index (χ4v) is 1.57. The Bertz CT molecular complexity index is 397. The van der Waals surface area contributed by atoms with Crippen molar-refractivity contribution < 1.29 is 9.53 Å². The monoisotopic (exact) mass is 253 g/mol. The highest BCUT2D eigenvalue weighted by molar-refractivity contribution is 5.91. The average Bonchev–Trinajstić information content (AvgIpc) is 2.63. The Hall–Kier alpha value is -1.36. The molecule has 1 N–H and O–H groups in total. The molecule has 1 amide bonds. The third-order valence-corrected chi connectivity index (χ3v) is 2.61. The number of hydrogen-bond acceptors (Lipinski definition) is 3. The van der Waals surface area contributed by atoms with Gasteiger partial charge in [0.1, 0.15) is 0 Å². The molecule has 0 aliphatic heterocycles. The standard InChI is InChI=1S/C13H23N3O2/c1-10(2)8-16-9-11(7-14-16)15-12(17)6-13(3,4)18-5/h7,9-10H,6,8H2,1-5H3,(H,15,17). The van der Waals surface area contributed by atoms with Gasteiger partial charge in [-0.3, -0.25) is 9.48 Å². The molecule has 0 aliphatic carbocycles. The van der Waals surface area contributed by atoms with E-state index in [4.69, 9.17) is 4.74 Å². The quantitative estimate of drug-likeness (QED) is 0.846. The van der Waals surface area contributed by atoms with Gasteiger partial charge >= 0.3 is 0 Å². The second-order valence-electron chi connectivity index (χ2n) is 5.53. The molecule has 1 aromatic rings. The van der Waals surface area contributed by atoms with Crippen LogP contribution in [-0.2, 0) is 16.1 Å². The lowest BCUT2D eigenvalue weighted by Crippen LogP contribution is -2.29. The average molecular weight is 253 g/mol. The Morgan fingerprint density at radius 1 is 1.56 bits per heavy atom. The Morgan fingerprint density at radius 3 is 2.78 bits per heavy atom. The van der Waals surface area contributed by atoms with Crippen molar-refractivity contribution in [2.24, 2.45) is 5.92 Å². The van der Waals surface area contributed by atoms with Gasteiger partial charge < -0.3 is 10.1 Å². The molecular weight excluding hydrogens is 230 g/mol. The minimum absolute atomic E-state index is 0.0639. The molecule has 0 saturated carbocycles. The molecule has 1 heterocycles. The third kappa shape index (κ3) is 4.87. The number of ether oxygens (including phenoxy) is 1. The molecule has 0 unspecified atom stereocenters. The van der Waals surface area contributed by atoms with Crippen LogP contribution in [0.25, 0.3) is 0 Å². The highest BCUT2D eigenvalue weighted by Crippen LogP contribution is 2.15. The maximum Gasteiger partial charge on any atom is 0.227 e. The summed E-state index contributed by atoms with van der Waals surface area (Å²) in [5.74, 6) is 0.465. The van der Waals surface area contributed by atoms with Gasteiger partial charge in [-0.05, 0) is 19.8 Å². The van der Waals surface area contributed by atoms with E-state index < -0.39 is 5.60 Å². The summed E-state index contributed by atoms with van der Waals surface area (Å²) < 4.78 is 7.06. The summed E-state index contributed by atoms with van der Waals surface area (Å²) in [5.41, 5.74) is 0.283. The van der Waals surface area contributed by atoms with Crippen LogP contribution in [0.5, 0.6) is 0 Å². The molecule has 0 fully saturated rings. The first-order valence-electron chi connectivity index (χ1n) is 6.20. The highest BCUT2D eigenvalue weighted by Gasteiger charge is 2.21. The predicted octanol–water partition coefficient (Wildman–Crippen LogP) is 2.29. The van der Waals surface area contributed by atoms with Crippen molar-refractivity contribution in [1.29, 1.82) is 0 Å². The molecule has 5 nitrogen and oxygen atoms in total. The van der Waals surface area contributed by atoms with Crippen molar-refractivity contribution in [1.82, 2.24) is 9.78 Å². The Kier molecular flexibility index (Phi) is 4.90. The van der Waals surface area contributed by atoms with Crippen LogP contribution in [0.4, 0.5) is 5.69 Å². The molecule has 0 radical (unpaired) electrons. The molecule has 1 aromatic heterocycles. The zero-order valence-corrected chi connectivity index (χ0v) is 11.9. The lowest BCUT2D eigenvalue weighted by atomic mass is 10.1. The molecule has 0 saturated heterocycles. The van der Waals surface area contributed by atoms with Crippen LogP contribution in [-0.4, -0.2) is 28.4 Å². The van der Waals surface area contributed by atoms with Gasteiger partial charge in [0, 0.05) is 19.9 Å². The van der Waals surface area contributed by atoms with Gasteiger partial charge in [-0.15, -0.1) is 0 Å². The van der Waals surface area contributed by atoms with Gasteiger partial charge in [0.05, 0.1) is 23.9 Å². The van der Waals surface area contributed by atoms with E-state index in [1.165, 1.54) is 0 Å². The Morgan fingerprint density at radius 2 is 2.22 bits per heavy atom. The number of nitrogens with zero attached hydrogens (tertiary/aromatic N) is 2. The van der Waals surface area contributed by atoms with E-state index in [2.05, 4.69) is 24.3 Å². The van der Waals surface area contributed by atoms with E-state index in [9.17, 15) is 4.79 Å². The second-order valence-corrected chi connectivity index (χ2v) is 5.53. The number of anilines is 1. The van der Waals surface area contributed by atoms with Crippen LogP contribution in [0.2, 0.25) is 0 Å². The van der Waals surface area contributed by atoms with Crippen molar-refractivity contribution in [2.45, 2.75) is 46.3 Å². The topological polar surface area (TPSA) is 56.1 Å². The maximum atomic E-state index is 11.8. The maximum absolute atomic E-state index is 11.8. The number of hydrogen-bond donors (Lipinski definition) is 1. The lowest BCUT2D eigenvalue weighted by Gasteiger charge is -2.21. The van der Waals surface area contributed by atoms with Crippen molar-refractivity contribution in [3.05, 3.63) is 12.4 Å². The van der Waals surface area contributed by atoms with Gasteiger partial charge in [0.25, 0.3) is 0 Å². The normalized spacial score (nSPS) is 11.9. The summed E-state index contributed by atoms with van der Waals surface area (Å²) in [7, 11) is 1.61. The van der Waals surface area contributed by atoms with E-state index in [0.29, 0.717) is 12.3 Å². The van der Waals surface area contributed by atoms with Crippen LogP contribution >= 0.6 is 0 Å². The fraction of sp³-hybridized carbons (Fsp3) is 0.692.